The van der Waals surface area contributed by atoms with E-state index in [9.17, 15) is 19.1 Å². The molecule has 1 amide bonds. The van der Waals surface area contributed by atoms with Crippen LogP contribution in [0.1, 0.15) is 65.4 Å². The number of ether oxygens (including phenoxy) is 1. The zero-order chi connectivity index (χ0) is 36.7. The number of anilines is 1. The van der Waals surface area contributed by atoms with Crippen molar-refractivity contribution in [3.05, 3.63) is 173 Å². The molecule has 268 valence electrons. The quantitative estimate of drug-likeness (QED) is 0.125. The molecule has 5 aromatic rings. The van der Waals surface area contributed by atoms with Crippen molar-refractivity contribution in [3.63, 3.8) is 0 Å². The average Bonchev–Trinajstić information content (AvgIpc) is 3.56. The Kier molecular flexibility index (Phi) is 11.3. The van der Waals surface area contributed by atoms with Crippen LogP contribution in [0, 0.1) is 5.82 Å². The van der Waals surface area contributed by atoms with Gasteiger partial charge in [0.15, 0.2) is 0 Å². The van der Waals surface area contributed by atoms with E-state index in [1.807, 2.05) is 67.8 Å². The molecule has 6 nitrogen and oxygen atoms in total. The SMILES string of the molecule is CC(C)(C)OC(=O)N1C[C@@H](SC(c2ccccc2)(c2ccccc2)c2ccccc2)C[C@H]1CNc1ccc(CCc2ccc(F)cc2)c(C(=O)O)c1. The summed E-state index contributed by atoms with van der Waals surface area (Å²) in [5.74, 6) is -1.31. The summed E-state index contributed by atoms with van der Waals surface area (Å²) in [4.78, 5) is 27.9. The standard InChI is InChI=1S/C44H45FN2O4S/c1-43(2,3)51-42(50)47-30-39(52-44(33-13-7-4-8-14-33,34-15-9-5-10-16-34)35-17-11-6-12-18-35)28-38(47)29-46-37-26-23-32(40(27-37)41(48)49)22-19-31-20-24-36(45)25-21-31/h4-18,20-21,23-27,38-39,46H,19,22,28-30H2,1-3H3,(H,48,49)/t38-,39-/m0/s1. The van der Waals surface area contributed by atoms with Crippen LogP contribution < -0.4 is 5.32 Å². The van der Waals surface area contributed by atoms with Crippen LogP contribution in [0.15, 0.2) is 133 Å². The molecule has 0 saturated carbocycles. The fraction of sp³-hybridized carbons (Fsp3) is 0.273. The van der Waals surface area contributed by atoms with E-state index in [4.69, 9.17) is 4.74 Å². The van der Waals surface area contributed by atoms with Crippen LogP contribution in [-0.4, -0.2) is 52.1 Å². The van der Waals surface area contributed by atoms with Gasteiger partial charge in [-0.3, -0.25) is 0 Å². The minimum absolute atomic E-state index is 0.0448. The van der Waals surface area contributed by atoms with E-state index in [0.29, 0.717) is 43.6 Å². The molecular formula is C44H45FN2O4S. The van der Waals surface area contributed by atoms with Gasteiger partial charge in [0.1, 0.15) is 11.4 Å². The van der Waals surface area contributed by atoms with Crippen molar-refractivity contribution in [2.24, 2.45) is 0 Å². The van der Waals surface area contributed by atoms with Crippen LogP contribution in [0.25, 0.3) is 0 Å². The molecular weight excluding hydrogens is 672 g/mol. The van der Waals surface area contributed by atoms with Gasteiger partial charge < -0.3 is 20.1 Å². The van der Waals surface area contributed by atoms with Crippen molar-refractivity contribution in [1.29, 1.82) is 0 Å². The number of amides is 1. The van der Waals surface area contributed by atoms with Gasteiger partial charge >= 0.3 is 12.1 Å². The minimum atomic E-state index is -1.01. The molecule has 0 aliphatic carbocycles. The van der Waals surface area contributed by atoms with E-state index in [-0.39, 0.29) is 28.8 Å². The molecule has 6 rings (SSSR count). The summed E-state index contributed by atoms with van der Waals surface area (Å²) in [6.45, 7) is 6.52. The molecule has 1 aliphatic rings. The molecule has 0 aromatic heterocycles. The number of carbonyl (C=O) groups is 2. The fourth-order valence-electron chi connectivity index (χ4n) is 6.94. The third-order valence-corrected chi connectivity index (χ3v) is 11.1. The van der Waals surface area contributed by atoms with Gasteiger partial charge in [-0.2, -0.15) is 0 Å². The number of nitrogens with zero attached hydrogens (tertiary/aromatic N) is 1. The number of carboxylic acid groups (broad SMARTS) is 1. The van der Waals surface area contributed by atoms with Gasteiger partial charge in [0.25, 0.3) is 0 Å². The van der Waals surface area contributed by atoms with Crippen molar-refractivity contribution >= 4 is 29.5 Å². The van der Waals surface area contributed by atoms with Gasteiger partial charge in [-0.05, 0) is 92.1 Å². The lowest BCUT2D eigenvalue weighted by atomic mass is 9.84. The molecule has 1 fully saturated rings. The highest BCUT2D eigenvalue weighted by atomic mass is 32.2. The van der Waals surface area contributed by atoms with E-state index < -0.39 is 16.3 Å². The number of hydrogen-bond donors (Lipinski definition) is 2. The molecule has 1 heterocycles. The Morgan fingerprint density at radius 3 is 1.88 bits per heavy atom. The van der Waals surface area contributed by atoms with E-state index in [1.165, 1.54) is 12.1 Å². The molecule has 2 atom stereocenters. The van der Waals surface area contributed by atoms with Crippen molar-refractivity contribution in [1.82, 2.24) is 4.90 Å². The highest BCUT2D eigenvalue weighted by Gasteiger charge is 2.45. The van der Waals surface area contributed by atoms with Gasteiger partial charge in [-0.1, -0.05) is 109 Å². The minimum Gasteiger partial charge on any atom is -0.478 e. The Morgan fingerprint density at radius 2 is 1.37 bits per heavy atom. The molecule has 1 aliphatic heterocycles. The number of aromatic carboxylic acids is 1. The number of carboxylic acids is 1. The van der Waals surface area contributed by atoms with E-state index >= 15 is 0 Å². The number of carbonyl (C=O) groups excluding carboxylic acids is 1. The lowest BCUT2D eigenvalue weighted by Gasteiger charge is -2.37. The zero-order valence-electron chi connectivity index (χ0n) is 29.8. The van der Waals surface area contributed by atoms with Gasteiger partial charge in [0, 0.05) is 24.0 Å². The first-order valence-corrected chi connectivity index (χ1v) is 18.6. The smallest absolute Gasteiger partial charge is 0.410 e. The van der Waals surface area contributed by atoms with Crippen LogP contribution >= 0.6 is 11.8 Å². The Morgan fingerprint density at radius 1 is 0.808 bits per heavy atom. The van der Waals surface area contributed by atoms with Gasteiger partial charge in [0.05, 0.1) is 16.4 Å². The van der Waals surface area contributed by atoms with Gasteiger partial charge in [-0.25, -0.2) is 14.0 Å². The number of hydrogen-bond acceptors (Lipinski definition) is 5. The van der Waals surface area contributed by atoms with Crippen LogP contribution in [0.2, 0.25) is 0 Å². The summed E-state index contributed by atoms with van der Waals surface area (Å²) >= 11 is 1.86. The molecule has 0 spiro atoms. The molecule has 0 unspecified atom stereocenters. The van der Waals surface area contributed by atoms with Crippen LogP contribution in [0.5, 0.6) is 0 Å². The summed E-state index contributed by atoms with van der Waals surface area (Å²) in [6, 6.07) is 43.0. The normalized spacial score (nSPS) is 16.0. The maximum absolute atomic E-state index is 13.8. The lowest BCUT2D eigenvalue weighted by Crippen LogP contribution is -2.42. The van der Waals surface area contributed by atoms with E-state index in [1.54, 1.807) is 18.2 Å². The van der Waals surface area contributed by atoms with Gasteiger partial charge in [-0.15, -0.1) is 11.8 Å². The van der Waals surface area contributed by atoms with Crippen LogP contribution in [0.4, 0.5) is 14.9 Å². The average molecular weight is 717 g/mol. The highest BCUT2D eigenvalue weighted by Crippen LogP contribution is 2.52. The Bertz CT molecular complexity index is 1850. The molecule has 2 N–H and O–H groups in total. The van der Waals surface area contributed by atoms with Crippen LogP contribution in [-0.2, 0) is 22.3 Å². The second-order valence-electron chi connectivity index (χ2n) is 14.2. The molecule has 1 saturated heterocycles. The molecule has 0 bridgehead atoms. The number of rotatable bonds is 12. The topological polar surface area (TPSA) is 78.9 Å². The molecule has 0 radical (unpaired) electrons. The Hall–Kier alpha value is -5.08. The van der Waals surface area contributed by atoms with Crippen molar-refractivity contribution in [2.45, 2.75) is 61.7 Å². The number of nitrogens with one attached hydrogen (secondary N) is 1. The predicted octanol–water partition coefficient (Wildman–Crippen LogP) is 9.82. The molecule has 52 heavy (non-hydrogen) atoms. The van der Waals surface area contributed by atoms with Crippen molar-refractivity contribution in [2.75, 3.05) is 18.4 Å². The third kappa shape index (κ3) is 8.68. The maximum Gasteiger partial charge on any atom is 0.410 e. The lowest BCUT2D eigenvalue weighted by molar-refractivity contribution is 0.0235. The number of thioether (sulfide) groups is 1. The number of aryl methyl sites for hydroxylation is 2. The first-order chi connectivity index (χ1) is 25.0. The van der Waals surface area contributed by atoms with E-state index in [2.05, 4.69) is 78.1 Å². The Balaban J connectivity index is 1.27. The molecule has 5 aromatic carbocycles. The highest BCUT2D eigenvalue weighted by molar-refractivity contribution is 8.01. The summed E-state index contributed by atoms with van der Waals surface area (Å²) in [7, 11) is 0. The maximum atomic E-state index is 13.8. The third-order valence-electron chi connectivity index (χ3n) is 9.37. The largest absolute Gasteiger partial charge is 0.478 e. The van der Waals surface area contributed by atoms with Crippen molar-refractivity contribution in [3.8, 4) is 0 Å². The summed E-state index contributed by atoms with van der Waals surface area (Å²) in [5, 5.41) is 13.6. The number of halogens is 1. The zero-order valence-corrected chi connectivity index (χ0v) is 30.6. The summed E-state index contributed by atoms with van der Waals surface area (Å²) in [6.07, 6.45) is 1.44. The van der Waals surface area contributed by atoms with Gasteiger partial charge in [0.2, 0.25) is 0 Å². The fourth-order valence-corrected chi connectivity index (χ4v) is 8.81. The number of benzene rings is 5. The second-order valence-corrected chi connectivity index (χ2v) is 15.7. The Labute approximate surface area is 310 Å². The summed E-state index contributed by atoms with van der Waals surface area (Å²) < 4.78 is 18.8. The first-order valence-electron chi connectivity index (χ1n) is 17.7. The first kappa shape index (κ1) is 36.7. The van der Waals surface area contributed by atoms with Crippen molar-refractivity contribution < 1.29 is 23.8 Å². The number of likely N-dealkylation sites (tertiary alicyclic amines) is 1. The second kappa shape index (κ2) is 16.1. The van der Waals surface area contributed by atoms with E-state index in [0.717, 1.165) is 22.3 Å². The van der Waals surface area contributed by atoms with Crippen LogP contribution in [0.3, 0.4) is 0 Å². The predicted molar refractivity (Wildman–Crippen MR) is 208 cm³/mol. The monoisotopic (exact) mass is 716 g/mol. The molecule has 8 heteroatoms. The summed E-state index contributed by atoms with van der Waals surface area (Å²) in [5.41, 5.74) is 5.32.